The van der Waals surface area contributed by atoms with Crippen molar-refractivity contribution in [3.8, 4) is 23.0 Å². The van der Waals surface area contributed by atoms with E-state index in [-0.39, 0.29) is 23.7 Å². The quantitative estimate of drug-likeness (QED) is 0.116. The average molecular weight is 539 g/mol. The Balaban J connectivity index is 0. The number of carbonyl (C=O) groups excluding carboxylic acids is 4. The molecule has 0 spiro atoms. The lowest BCUT2D eigenvalue weighted by atomic mass is 10.1. The lowest BCUT2D eigenvalue weighted by Gasteiger charge is -2.10. The van der Waals surface area contributed by atoms with Crippen LogP contribution in [-0.4, -0.2) is 24.4 Å². The SMILES string of the molecule is C/C=C/C(=O)Oc1cc(/C(C)=C/C(=O)Oc2ccc(OC(C)=O)cc2)ccc1OC=O.C=CC.C=CC.CC. The van der Waals surface area contributed by atoms with Crippen LogP contribution in [0.5, 0.6) is 23.0 Å². The zero-order chi connectivity index (χ0) is 30.2. The van der Waals surface area contributed by atoms with Crippen molar-refractivity contribution >= 4 is 30.0 Å². The Morgan fingerprint density at radius 3 is 1.72 bits per heavy atom. The first-order valence-corrected chi connectivity index (χ1v) is 12.1. The van der Waals surface area contributed by atoms with E-state index in [1.165, 1.54) is 61.5 Å². The van der Waals surface area contributed by atoms with Crippen molar-refractivity contribution in [3.63, 3.8) is 0 Å². The van der Waals surface area contributed by atoms with Gasteiger partial charge in [-0.15, -0.1) is 13.2 Å². The highest BCUT2D eigenvalue weighted by Gasteiger charge is 2.12. The van der Waals surface area contributed by atoms with E-state index < -0.39 is 17.9 Å². The van der Waals surface area contributed by atoms with E-state index in [0.717, 1.165) is 0 Å². The molecule has 0 radical (unpaired) electrons. The van der Waals surface area contributed by atoms with Gasteiger partial charge >= 0.3 is 17.9 Å². The summed E-state index contributed by atoms with van der Waals surface area (Å²) in [6.07, 6.45) is 7.48. The van der Waals surface area contributed by atoms with E-state index in [9.17, 15) is 19.2 Å². The molecule has 0 bridgehead atoms. The maximum atomic E-state index is 12.2. The Morgan fingerprint density at radius 2 is 1.26 bits per heavy atom. The summed E-state index contributed by atoms with van der Waals surface area (Å²) in [5.74, 6) is -1.07. The number of carbonyl (C=O) groups is 4. The minimum Gasteiger partial charge on any atom is -0.427 e. The second kappa shape index (κ2) is 22.5. The van der Waals surface area contributed by atoms with E-state index in [4.69, 9.17) is 18.9 Å². The fourth-order valence-electron chi connectivity index (χ4n) is 2.41. The van der Waals surface area contributed by atoms with Gasteiger partial charge in [-0.3, -0.25) is 9.59 Å². The zero-order valence-electron chi connectivity index (χ0n) is 23.7. The molecule has 0 fully saturated rings. The molecule has 0 atom stereocenters. The standard InChI is InChI=1S/C23H20O8.2C3H6.C2H6/c1-4-5-22(26)31-21-13-17(6-11-20(21)28-14-24)15(2)12-23(27)30-19-9-7-18(8-10-19)29-16(3)25;2*1-3-2;1-2/h4-14H,1-3H3;2*3H,1H2,2H3;1-2H3/b5-4+,15-12+;;;. The van der Waals surface area contributed by atoms with Crippen molar-refractivity contribution in [2.45, 2.75) is 48.5 Å². The molecule has 2 aromatic carbocycles. The monoisotopic (exact) mass is 538 g/mol. The second-order valence-electron chi connectivity index (χ2n) is 6.93. The largest absolute Gasteiger partial charge is 0.427 e. The summed E-state index contributed by atoms with van der Waals surface area (Å²) in [6.45, 7) is 19.3. The normalized spacial score (nSPS) is 9.56. The number of allylic oxidation sites excluding steroid dienone is 4. The maximum absolute atomic E-state index is 12.2. The Labute approximate surface area is 231 Å². The van der Waals surface area contributed by atoms with Crippen molar-refractivity contribution in [2.75, 3.05) is 0 Å². The van der Waals surface area contributed by atoms with Crippen molar-refractivity contribution in [1.82, 2.24) is 0 Å². The van der Waals surface area contributed by atoms with Crippen LogP contribution in [0.1, 0.15) is 54.0 Å². The minimum atomic E-state index is -0.645. The van der Waals surface area contributed by atoms with Gasteiger partial charge in [0.05, 0.1) is 0 Å². The van der Waals surface area contributed by atoms with Gasteiger partial charge in [0, 0.05) is 19.1 Å². The van der Waals surface area contributed by atoms with Crippen LogP contribution in [0.25, 0.3) is 5.57 Å². The fraction of sp³-hybridized carbons (Fsp3) is 0.226. The van der Waals surface area contributed by atoms with Crippen LogP contribution >= 0.6 is 0 Å². The molecule has 0 aromatic heterocycles. The summed E-state index contributed by atoms with van der Waals surface area (Å²) in [5.41, 5.74) is 1.06. The molecule has 8 heteroatoms. The van der Waals surface area contributed by atoms with Crippen LogP contribution in [0.3, 0.4) is 0 Å². The first-order valence-electron chi connectivity index (χ1n) is 12.1. The Kier molecular flexibility index (Phi) is 21.0. The molecular formula is C31H38O8. The van der Waals surface area contributed by atoms with Gasteiger partial charge in [0.15, 0.2) is 11.5 Å². The van der Waals surface area contributed by atoms with Crippen LogP contribution in [0, 0.1) is 0 Å². The zero-order valence-corrected chi connectivity index (χ0v) is 23.7. The minimum absolute atomic E-state index is 0.0230. The van der Waals surface area contributed by atoms with Crippen molar-refractivity contribution in [2.24, 2.45) is 0 Å². The smallest absolute Gasteiger partial charge is 0.336 e. The first-order chi connectivity index (χ1) is 18.6. The summed E-state index contributed by atoms with van der Waals surface area (Å²) < 4.78 is 20.1. The van der Waals surface area contributed by atoms with Crippen LogP contribution in [0.4, 0.5) is 0 Å². The van der Waals surface area contributed by atoms with E-state index >= 15 is 0 Å². The summed E-state index contributed by atoms with van der Waals surface area (Å²) in [7, 11) is 0. The van der Waals surface area contributed by atoms with Gasteiger partial charge in [-0.05, 0) is 75.2 Å². The average Bonchev–Trinajstić information content (AvgIpc) is 2.88. The molecule has 0 unspecified atom stereocenters. The Hall–Kier alpha value is -4.72. The summed E-state index contributed by atoms with van der Waals surface area (Å²) in [5, 5.41) is 0. The van der Waals surface area contributed by atoms with Crippen molar-refractivity contribution < 1.29 is 38.1 Å². The predicted octanol–water partition coefficient (Wildman–Crippen LogP) is 7.05. The lowest BCUT2D eigenvalue weighted by molar-refractivity contribution is -0.132. The number of hydrogen-bond acceptors (Lipinski definition) is 8. The molecule has 0 heterocycles. The Morgan fingerprint density at radius 1 is 0.744 bits per heavy atom. The van der Waals surface area contributed by atoms with Gasteiger partial charge in [-0.1, -0.05) is 38.1 Å². The molecular weight excluding hydrogens is 500 g/mol. The lowest BCUT2D eigenvalue weighted by Crippen LogP contribution is -2.07. The molecule has 0 saturated heterocycles. The fourth-order valence-corrected chi connectivity index (χ4v) is 2.41. The highest BCUT2D eigenvalue weighted by atomic mass is 16.6. The molecule has 2 rings (SSSR count). The van der Waals surface area contributed by atoms with Gasteiger partial charge in [0.1, 0.15) is 11.5 Å². The van der Waals surface area contributed by atoms with E-state index in [0.29, 0.717) is 16.9 Å². The molecule has 0 amide bonds. The molecule has 0 aliphatic rings. The van der Waals surface area contributed by atoms with Gasteiger partial charge in [0.2, 0.25) is 0 Å². The van der Waals surface area contributed by atoms with Gasteiger partial charge in [-0.2, -0.15) is 0 Å². The van der Waals surface area contributed by atoms with Gasteiger partial charge in [-0.25, -0.2) is 9.59 Å². The predicted molar refractivity (Wildman–Crippen MR) is 154 cm³/mol. The van der Waals surface area contributed by atoms with E-state index in [1.54, 1.807) is 32.1 Å². The van der Waals surface area contributed by atoms with Gasteiger partial charge < -0.3 is 18.9 Å². The van der Waals surface area contributed by atoms with Crippen LogP contribution in [0.2, 0.25) is 0 Å². The molecule has 0 N–H and O–H groups in total. The first kappa shape index (κ1) is 36.4. The number of benzene rings is 2. The summed E-state index contributed by atoms with van der Waals surface area (Å²) >= 11 is 0. The third-order valence-corrected chi connectivity index (χ3v) is 3.73. The van der Waals surface area contributed by atoms with Crippen LogP contribution in [-0.2, 0) is 19.2 Å². The van der Waals surface area contributed by atoms with Crippen LogP contribution < -0.4 is 18.9 Å². The number of rotatable bonds is 8. The molecule has 0 aliphatic carbocycles. The highest BCUT2D eigenvalue weighted by molar-refractivity contribution is 5.92. The van der Waals surface area contributed by atoms with Gasteiger partial charge in [0.25, 0.3) is 6.47 Å². The number of esters is 3. The summed E-state index contributed by atoms with van der Waals surface area (Å²) in [4.78, 5) is 45.6. The highest BCUT2D eigenvalue weighted by Crippen LogP contribution is 2.31. The molecule has 0 saturated carbocycles. The summed E-state index contributed by atoms with van der Waals surface area (Å²) in [6, 6.07) is 10.5. The molecule has 2 aromatic rings. The van der Waals surface area contributed by atoms with E-state index in [2.05, 4.69) is 13.2 Å². The maximum Gasteiger partial charge on any atom is 0.336 e. The van der Waals surface area contributed by atoms with Crippen molar-refractivity contribution in [1.29, 1.82) is 0 Å². The molecule has 8 nitrogen and oxygen atoms in total. The molecule has 210 valence electrons. The van der Waals surface area contributed by atoms with Crippen LogP contribution in [0.15, 0.2) is 86.0 Å². The number of ether oxygens (including phenoxy) is 4. The second-order valence-corrected chi connectivity index (χ2v) is 6.93. The molecule has 0 aliphatic heterocycles. The molecule has 39 heavy (non-hydrogen) atoms. The number of hydrogen-bond donors (Lipinski definition) is 0. The van der Waals surface area contributed by atoms with Crippen molar-refractivity contribution in [3.05, 3.63) is 91.6 Å². The van der Waals surface area contributed by atoms with E-state index in [1.807, 2.05) is 27.7 Å². The third-order valence-electron chi connectivity index (χ3n) is 3.73. The Bertz CT molecular complexity index is 1120. The topological polar surface area (TPSA) is 105 Å². The third kappa shape index (κ3) is 16.6.